The Morgan fingerprint density at radius 2 is 2.05 bits per heavy atom. The fourth-order valence-electron chi connectivity index (χ4n) is 2.31. The summed E-state index contributed by atoms with van der Waals surface area (Å²) in [6, 6.07) is 5.36. The molecule has 1 heterocycles. The van der Waals surface area contributed by atoms with Crippen LogP contribution in [0.15, 0.2) is 18.2 Å². The first kappa shape index (κ1) is 15.1. The summed E-state index contributed by atoms with van der Waals surface area (Å²) in [5.41, 5.74) is 8.01. The highest BCUT2D eigenvalue weighted by atomic mass is 16.1. The van der Waals surface area contributed by atoms with Crippen molar-refractivity contribution in [3.63, 3.8) is 0 Å². The molecule has 0 saturated carbocycles. The number of aryl methyl sites for hydroxylation is 3. The van der Waals surface area contributed by atoms with Gasteiger partial charge in [-0.05, 0) is 44.5 Å². The number of carbonyl (C=O) groups excluding carboxylic acids is 1. The maximum absolute atomic E-state index is 12.2. The van der Waals surface area contributed by atoms with E-state index in [2.05, 4.69) is 15.8 Å². The van der Waals surface area contributed by atoms with Crippen molar-refractivity contribution in [1.29, 1.82) is 0 Å². The first-order valence-electron chi connectivity index (χ1n) is 6.78. The average Bonchev–Trinajstić information content (AvgIpc) is 2.69. The van der Waals surface area contributed by atoms with E-state index in [0.29, 0.717) is 12.1 Å². The molecule has 6 nitrogen and oxygen atoms in total. The molecule has 2 aromatic rings. The molecule has 21 heavy (non-hydrogen) atoms. The zero-order chi connectivity index (χ0) is 15.6. The number of anilines is 1. The molecule has 0 saturated heterocycles. The van der Waals surface area contributed by atoms with Crippen molar-refractivity contribution in [2.75, 3.05) is 5.43 Å². The molecule has 0 unspecified atom stereocenters. The molecular formula is C15H21N5O. The number of aromatic nitrogens is 2. The fourth-order valence-corrected chi connectivity index (χ4v) is 2.31. The lowest BCUT2D eigenvalue weighted by Crippen LogP contribution is -2.23. The van der Waals surface area contributed by atoms with Gasteiger partial charge in [-0.25, -0.2) is 0 Å². The Hall–Kier alpha value is -2.34. The lowest BCUT2D eigenvalue weighted by molar-refractivity contribution is 0.0951. The molecular weight excluding hydrogens is 266 g/mol. The van der Waals surface area contributed by atoms with Gasteiger partial charge in [-0.3, -0.25) is 15.3 Å². The van der Waals surface area contributed by atoms with Crippen molar-refractivity contribution in [1.82, 2.24) is 15.1 Å². The number of hydrogen-bond donors (Lipinski definition) is 3. The number of nitrogens with one attached hydrogen (secondary N) is 2. The number of nitrogens with two attached hydrogens (primary N) is 1. The van der Waals surface area contributed by atoms with Crippen molar-refractivity contribution < 1.29 is 4.79 Å². The highest BCUT2D eigenvalue weighted by Gasteiger charge is 2.12. The molecule has 0 aliphatic carbocycles. The van der Waals surface area contributed by atoms with Crippen LogP contribution in [0, 0.1) is 20.8 Å². The van der Waals surface area contributed by atoms with Crippen LogP contribution in [0.4, 0.5) is 5.69 Å². The van der Waals surface area contributed by atoms with E-state index >= 15 is 0 Å². The third-order valence-electron chi connectivity index (χ3n) is 3.73. The molecule has 6 heteroatoms. The van der Waals surface area contributed by atoms with E-state index < -0.39 is 0 Å². The number of nitrogen functional groups attached to an aromatic ring is 1. The van der Waals surface area contributed by atoms with Gasteiger partial charge in [0.15, 0.2) is 0 Å². The van der Waals surface area contributed by atoms with Crippen molar-refractivity contribution in [2.45, 2.75) is 27.3 Å². The van der Waals surface area contributed by atoms with Gasteiger partial charge in [-0.2, -0.15) is 5.10 Å². The molecule has 0 bridgehead atoms. The molecule has 0 fully saturated rings. The molecule has 1 aromatic carbocycles. The maximum atomic E-state index is 12.2. The summed E-state index contributed by atoms with van der Waals surface area (Å²) in [5.74, 6) is 5.28. The van der Waals surface area contributed by atoms with Gasteiger partial charge in [0, 0.05) is 30.4 Å². The number of rotatable bonds is 4. The van der Waals surface area contributed by atoms with Crippen molar-refractivity contribution in [3.05, 3.63) is 46.3 Å². The van der Waals surface area contributed by atoms with Crippen molar-refractivity contribution in [2.24, 2.45) is 12.9 Å². The number of hydrazine groups is 1. The van der Waals surface area contributed by atoms with Gasteiger partial charge in [0.05, 0.1) is 11.4 Å². The van der Waals surface area contributed by atoms with Gasteiger partial charge in [0.2, 0.25) is 0 Å². The van der Waals surface area contributed by atoms with E-state index in [9.17, 15) is 4.79 Å². The van der Waals surface area contributed by atoms with Crippen LogP contribution in [0.1, 0.15) is 32.9 Å². The molecule has 4 N–H and O–H groups in total. The molecule has 0 aliphatic rings. The monoisotopic (exact) mass is 287 g/mol. The van der Waals surface area contributed by atoms with E-state index in [1.165, 1.54) is 0 Å². The van der Waals surface area contributed by atoms with E-state index in [0.717, 1.165) is 28.2 Å². The van der Waals surface area contributed by atoms with Crippen LogP contribution in [0.2, 0.25) is 0 Å². The zero-order valence-corrected chi connectivity index (χ0v) is 12.8. The van der Waals surface area contributed by atoms with Gasteiger partial charge in [-0.15, -0.1) is 0 Å². The second-order valence-electron chi connectivity index (χ2n) is 5.13. The Morgan fingerprint density at radius 3 is 2.57 bits per heavy atom. The summed E-state index contributed by atoms with van der Waals surface area (Å²) < 4.78 is 1.82. The third-order valence-corrected chi connectivity index (χ3v) is 3.73. The maximum Gasteiger partial charge on any atom is 0.251 e. The molecule has 0 atom stereocenters. The first-order chi connectivity index (χ1) is 9.93. The average molecular weight is 287 g/mol. The van der Waals surface area contributed by atoms with Crippen molar-refractivity contribution in [3.8, 4) is 0 Å². The predicted molar refractivity (Wildman–Crippen MR) is 82.8 cm³/mol. The van der Waals surface area contributed by atoms with E-state index in [1.54, 1.807) is 12.1 Å². The Bertz CT molecular complexity index is 675. The Kier molecular flexibility index (Phi) is 4.28. The SMILES string of the molecule is Cc1cc(C(=O)NCc2c(C)nn(C)c2C)ccc1NN. The minimum atomic E-state index is -0.107. The summed E-state index contributed by atoms with van der Waals surface area (Å²) in [4.78, 5) is 12.2. The summed E-state index contributed by atoms with van der Waals surface area (Å²) >= 11 is 0. The molecule has 1 amide bonds. The lowest BCUT2D eigenvalue weighted by Gasteiger charge is -2.09. The highest BCUT2D eigenvalue weighted by molar-refractivity contribution is 5.94. The largest absolute Gasteiger partial charge is 0.348 e. The Labute approximate surface area is 124 Å². The molecule has 1 aromatic heterocycles. The summed E-state index contributed by atoms with van der Waals surface area (Å²) in [6.45, 7) is 6.31. The molecule has 0 aliphatic heterocycles. The molecule has 0 spiro atoms. The van der Waals surface area contributed by atoms with Gasteiger partial charge in [0.25, 0.3) is 5.91 Å². The predicted octanol–water partition coefficient (Wildman–Crippen LogP) is 1.56. The second-order valence-corrected chi connectivity index (χ2v) is 5.13. The van der Waals surface area contributed by atoms with Crippen LogP contribution in [0.5, 0.6) is 0 Å². The van der Waals surface area contributed by atoms with E-state index in [4.69, 9.17) is 5.84 Å². The summed E-state index contributed by atoms with van der Waals surface area (Å²) in [5, 5.41) is 7.27. The van der Waals surface area contributed by atoms with Crippen molar-refractivity contribution >= 4 is 11.6 Å². The second kappa shape index (κ2) is 5.97. The lowest BCUT2D eigenvalue weighted by atomic mass is 10.1. The normalized spacial score (nSPS) is 10.5. The van der Waals surface area contributed by atoms with Gasteiger partial charge < -0.3 is 10.7 Å². The minimum Gasteiger partial charge on any atom is -0.348 e. The summed E-state index contributed by atoms with van der Waals surface area (Å²) in [7, 11) is 1.90. The standard InChI is InChI=1S/C15H21N5O/c1-9-7-12(5-6-14(9)18-16)15(21)17-8-13-10(2)19-20(4)11(13)3/h5-7,18H,8,16H2,1-4H3,(H,17,21). The van der Waals surface area contributed by atoms with Gasteiger partial charge >= 0.3 is 0 Å². The number of benzene rings is 1. The smallest absolute Gasteiger partial charge is 0.251 e. The minimum absolute atomic E-state index is 0.107. The van der Waals surface area contributed by atoms with Crippen LogP contribution in [-0.4, -0.2) is 15.7 Å². The molecule has 112 valence electrons. The highest BCUT2D eigenvalue weighted by Crippen LogP contribution is 2.16. The van der Waals surface area contributed by atoms with Crippen LogP contribution < -0.4 is 16.6 Å². The van der Waals surface area contributed by atoms with Crippen LogP contribution in [-0.2, 0) is 13.6 Å². The fraction of sp³-hybridized carbons (Fsp3) is 0.333. The molecule has 2 rings (SSSR count). The van der Waals surface area contributed by atoms with E-state index in [1.807, 2.05) is 38.6 Å². The zero-order valence-electron chi connectivity index (χ0n) is 12.8. The Balaban J connectivity index is 2.10. The Morgan fingerprint density at radius 1 is 1.33 bits per heavy atom. The van der Waals surface area contributed by atoms with Gasteiger partial charge in [-0.1, -0.05) is 0 Å². The van der Waals surface area contributed by atoms with Crippen LogP contribution in [0.25, 0.3) is 0 Å². The topological polar surface area (TPSA) is 85.0 Å². The van der Waals surface area contributed by atoms with Crippen LogP contribution in [0.3, 0.4) is 0 Å². The van der Waals surface area contributed by atoms with E-state index in [-0.39, 0.29) is 5.91 Å². The number of carbonyl (C=O) groups is 1. The van der Waals surface area contributed by atoms with Crippen LogP contribution >= 0.6 is 0 Å². The summed E-state index contributed by atoms with van der Waals surface area (Å²) in [6.07, 6.45) is 0. The third kappa shape index (κ3) is 3.05. The molecule has 0 radical (unpaired) electrons. The quantitative estimate of drug-likeness (QED) is 0.588. The number of nitrogens with zero attached hydrogens (tertiary/aromatic N) is 2. The van der Waals surface area contributed by atoms with Gasteiger partial charge in [0.1, 0.15) is 0 Å². The first-order valence-corrected chi connectivity index (χ1v) is 6.78. The number of hydrogen-bond acceptors (Lipinski definition) is 4. The number of amides is 1.